The second-order valence-corrected chi connectivity index (χ2v) is 5.89. The van der Waals surface area contributed by atoms with Crippen LogP contribution in [0.4, 0.5) is 5.82 Å². The quantitative estimate of drug-likeness (QED) is 0.934. The Morgan fingerprint density at radius 2 is 1.95 bits per heavy atom. The number of fused-ring (bicyclic) bond motifs is 1. The molecule has 0 bridgehead atoms. The van der Waals surface area contributed by atoms with Crippen molar-refractivity contribution in [3.8, 4) is 0 Å². The topological polar surface area (TPSA) is 66.0 Å². The molecule has 1 aliphatic carbocycles. The molecule has 5 heteroatoms. The second kappa shape index (κ2) is 4.45. The van der Waals surface area contributed by atoms with Gasteiger partial charge in [-0.25, -0.2) is 9.97 Å². The Balaban J connectivity index is 2.17. The highest BCUT2D eigenvalue weighted by Gasteiger charge is 2.38. The summed E-state index contributed by atoms with van der Waals surface area (Å²) in [4.78, 5) is 8.90. The molecule has 2 heterocycles. The van der Waals surface area contributed by atoms with E-state index in [2.05, 4.69) is 28.4 Å². The molecule has 1 fully saturated rings. The van der Waals surface area contributed by atoms with Crippen molar-refractivity contribution in [3.63, 3.8) is 0 Å². The third kappa shape index (κ3) is 1.80. The summed E-state index contributed by atoms with van der Waals surface area (Å²) < 4.78 is 8.00. The van der Waals surface area contributed by atoms with Gasteiger partial charge in [0.25, 0.3) is 0 Å². The third-order valence-corrected chi connectivity index (χ3v) is 4.75. The van der Waals surface area contributed by atoms with Crippen LogP contribution in [-0.2, 0) is 11.3 Å². The zero-order valence-electron chi connectivity index (χ0n) is 12.7. The normalized spacial score (nSPS) is 17.4. The van der Waals surface area contributed by atoms with Gasteiger partial charge >= 0.3 is 0 Å². The van der Waals surface area contributed by atoms with Gasteiger partial charge in [0.05, 0.1) is 17.5 Å². The molecule has 2 N–H and O–H groups in total. The lowest BCUT2D eigenvalue weighted by Crippen LogP contribution is -2.43. The van der Waals surface area contributed by atoms with Crippen molar-refractivity contribution in [2.24, 2.45) is 0 Å². The Kier molecular flexibility index (Phi) is 2.97. The summed E-state index contributed by atoms with van der Waals surface area (Å²) in [6.07, 6.45) is 3.46. The molecule has 3 rings (SSSR count). The van der Waals surface area contributed by atoms with Crippen molar-refractivity contribution in [2.45, 2.75) is 52.2 Å². The van der Waals surface area contributed by atoms with Crippen LogP contribution in [0.25, 0.3) is 11.0 Å². The van der Waals surface area contributed by atoms with E-state index < -0.39 is 0 Å². The standard InChI is InChI=1S/C15H22N4O/c1-9-10(2)19(8-15(20-4)6-5-7-15)14-12(9)13(16)17-11(3)18-14/h5-8H2,1-4H3,(H2,16,17,18). The largest absolute Gasteiger partial charge is 0.383 e. The second-order valence-electron chi connectivity index (χ2n) is 5.89. The number of hydrogen-bond acceptors (Lipinski definition) is 4. The van der Waals surface area contributed by atoms with E-state index in [1.807, 2.05) is 14.0 Å². The minimum Gasteiger partial charge on any atom is -0.383 e. The molecule has 5 nitrogen and oxygen atoms in total. The fourth-order valence-electron chi connectivity index (χ4n) is 3.16. The highest BCUT2D eigenvalue weighted by Crippen LogP contribution is 2.38. The summed E-state index contributed by atoms with van der Waals surface area (Å²) in [6, 6.07) is 0. The lowest BCUT2D eigenvalue weighted by atomic mass is 9.80. The fraction of sp³-hybridized carbons (Fsp3) is 0.600. The molecule has 1 saturated carbocycles. The summed E-state index contributed by atoms with van der Waals surface area (Å²) in [5.74, 6) is 1.29. The predicted molar refractivity (Wildman–Crippen MR) is 79.7 cm³/mol. The van der Waals surface area contributed by atoms with Gasteiger partial charge < -0.3 is 15.0 Å². The Morgan fingerprint density at radius 1 is 1.25 bits per heavy atom. The van der Waals surface area contributed by atoms with E-state index in [1.165, 1.54) is 17.7 Å². The first-order valence-corrected chi connectivity index (χ1v) is 7.12. The molecule has 0 atom stereocenters. The average Bonchev–Trinajstić information content (AvgIpc) is 2.58. The first-order chi connectivity index (χ1) is 9.47. The van der Waals surface area contributed by atoms with Crippen LogP contribution < -0.4 is 5.73 Å². The van der Waals surface area contributed by atoms with Crippen molar-refractivity contribution in [1.82, 2.24) is 14.5 Å². The number of aryl methyl sites for hydroxylation is 2. The van der Waals surface area contributed by atoms with E-state index in [1.54, 1.807) is 0 Å². The number of rotatable bonds is 3. The Morgan fingerprint density at radius 3 is 2.50 bits per heavy atom. The van der Waals surface area contributed by atoms with E-state index in [0.717, 1.165) is 30.4 Å². The van der Waals surface area contributed by atoms with Crippen molar-refractivity contribution in [2.75, 3.05) is 12.8 Å². The molecule has 0 spiro atoms. The first-order valence-electron chi connectivity index (χ1n) is 7.12. The predicted octanol–water partition coefficient (Wildman–Crippen LogP) is 2.51. The molecular formula is C15H22N4O. The van der Waals surface area contributed by atoms with Crippen LogP contribution in [0, 0.1) is 20.8 Å². The number of aromatic nitrogens is 3. The molecule has 108 valence electrons. The summed E-state index contributed by atoms with van der Waals surface area (Å²) in [5.41, 5.74) is 9.37. The Hall–Kier alpha value is -1.62. The van der Waals surface area contributed by atoms with Gasteiger partial charge in [0.2, 0.25) is 0 Å². The molecule has 2 aromatic rings. The van der Waals surface area contributed by atoms with Crippen molar-refractivity contribution in [3.05, 3.63) is 17.1 Å². The molecular weight excluding hydrogens is 252 g/mol. The van der Waals surface area contributed by atoms with Crippen LogP contribution in [-0.4, -0.2) is 27.2 Å². The molecule has 0 saturated heterocycles. The van der Waals surface area contributed by atoms with Gasteiger partial charge in [0.1, 0.15) is 17.3 Å². The molecule has 0 aromatic carbocycles. The van der Waals surface area contributed by atoms with Gasteiger partial charge in [0.15, 0.2) is 0 Å². The van der Waals surface area contributed by atoms with Gasteiger partial charge in [-0.3, -0.25) is 0 Å². The summed E-state index contributed by atoms with van der Waals surface area (Å²) >= 11 is 0. The minimum absolute atomic E-state index is 0.0310. The van der Waals surface area contributed by atoms with Crippen LogP contribution in [0.1, 0.15) is 36.3 Å². The Bertz CT molecular complexity index is 665. The summed E-state index contributed by atoms with van der Waals surface area (Å²) in [5, 5.41) is 0.985. The smallest absolute Gasteiger partial charge is 0.146 e. The maximum atomic E-state index is 6.09. The molecule has 2 aromatic heterocycles. The van der Waals surface area contributed by atoms with Gasteiger partial charge in [-0.05, 0) is 45.6 Å². The number of methoxy groups -OCH3 is 1. The number of anilines is 1. The lowest BCUT2D eigenvalue weighted by molar-refractivity contribution is -0.0831. The fourth-order valence-corrected chi connectivity index (χ4v) is 3.16. The van der Waals surface area contributed by atoms with Crippen LogP contribution in [0.2, 0.25) is 0 Å². The van der Waals surface area contributed by atoms with E-state index in [-0.39, 0.29) is 5.60 Å². The van der Waals surface area contributed by atoms with E-state index in [4.69, 9.17) is 10.5 Å². The van der Waals surface area contributed by atoms with E-state index in [9.17, 15) is 0 Å². The zero-order valence-corrected chi connectivity index (χ0v) is 12.7. The van der Waals surface area contributed by atoms with Gasteiger partial charge in [-0.2, -0.15) is 0 Å². The average molecular weight is 274 g/mol. The number of hydrogen-bond donors (Lipinski definition) is 1. The molecule has 0 radical (unpaired) electrons. The number of nitrogen functional groups attached to an aromatic ring is 1. The number of nitrogens with two attached hydrogens (primary N) is 1. The molecule has 0 amide bonds. The highest BCUT2D eigenvalue weighted by molar-refractivity contribution is 5.91. The lowest BCUT2D eigenvalue weighted by Gasteiger charge is -2.41. The Labute approximate surface area is 119 Å². The van der Waals surface area contributed by atoms with Crippen molar-refractivity contribution in [1.29, 1.82) is 0 Å². The SMILES string of the molecule is COC1(Cn2c(C)c(C)c3c(N)nc(C)nc32)CCC1. The minimum atomic E-state index is -0.0310. The molecule has 20 heavy (non-hydrogen) atoms. The molecule has 1 aliphatic rings. The van der Waals surface area contributed by atoms with Gasteiger partial charge in [0, 0.05) is 12.8 Å². The third-order valence-electron chi connectivity index (χ3n) is 4.75. The van der Waals surface area contributed by atoms with E-state index >= 15 is 0 Å². The van der Waals surface area contributed by atoms with Gasteiger partial charge in [-0.1, -0.05) is 0 Å². The molecule has 0 aliphatic heterocycles. The van der Waals surface area contributed by atoms with Crippen molar-refractivity contribution >= 4 is 16.9 Å². The van der Waals surface area contributed by atoms with E-state index in [0.29, 0.717) is 11.6 Å². The monoisotopic (exact) mass is 274 g/mol. The first kappa shape index (κ1) is 13.4. The van der Waals surface area contributed by atoms with Crippen molar-refractivity contribution < 1.29 is 4.74 Å². The van der Waals surface area contributed by atoms with Crippen LogP contribution in [0.5, 0.6) is 0 Å². The van der Waals surface area contributed by atoms with Crippen LogP contribution in [0.3, 0.4) is 0 Å². The zero-order chi connectivity index (χ0) is 14.5. The highest BCUT2D eigenvalue weighted by atomic mass is 16.5. The number of nitrogens with zero attached hydrogens (tertiary/aromatic N) is 3. The summed E-state index contributed by atoms with van der Waals surface area (Å²) in [7, 11) is 1.81. The van der Waals surface area contributed by atoms with Crippen LogP contribution >= 0.6 is 0 Å². The van der Waals surface area contributed by atoms with Gasteiger partial charge in [-0.15, -0.1) is 0 Å². The maximum absolute atomic E-state index is 6.09. The summed E-state index contributed by atoms with van der Waals surface area (Å²) in [6.45, 7) is 6.93. The number of ether oxygens (including phenoxy) is 1. The molecule has 0 unspecified atom stereocenters. The van der Waals surface area contributed by atoms with Crippen LogP contribution in [0.15, 0.2) is 0 Å². The maximum Gasteiger partial charge on any atom is 0.146 e.